The number of hydrogen-bond donors (Lipinski definition) is 3. The molecule has 0 radical (unpaired) electrons. The van der Waals surface area contributed by atoms with E-state index in [0.717, 1.165) is 18.4 Å². The molecule has 0 saturated heterocycles. The van der Waals surface area contributed by atoms with Crippen LogP contribution in [0.1, 0.15) is 80.0 Å². The molecule has 0 bridgehead atoms. The van der Waals surface area contributed by atoms with Crippen molar-refractivity contribution in [1.82, 2.24) is 0 Å². The number of aromatic hydroxyl groups is 2. The van der Waals surface area contributed by atoms with Crippen molar-refractivity contribution in [2.24, 2.45) is 0 Å². The summed E-state index contributed by atoms with van der Waals surface area (Å²) in [6, 6.07) is 1.46. The molecule has 1 aliphatic rings. The van der Waals surface area contributed by atoms with Crippen LogP contribution in [0.4, 0.5) is 0 Å². The summed E-state index contributed by atoms with van der Waals surface area (Å²) >= 11 is 0. The summed E-state index contributed by atoms with van der Waals surface area (Å²) in [5.74, 6) is -2.10. The highest BCUT2D eigenvalue weighted by Gasteiger charge is 2.31. The van der Waals surface area contributed by atoms with E-state index in [1.165, 1.54) is 31.7 Å². The van der Waals surface area contributed by atoms with Crippen LogP contribution < -0.4 is 0 Å². The number of fused-ring (bicyclic) bond motifs is 1. The monoisotopic (exact) mass is 322 g/mol. The first-order chi connectivity index (χ1) is 11.0. The molecule has 5 heteroatoms. The third kappa shape index (κ3) is 3.96. The van der Waals surface area contributed by atoms with Gasteiger partial charge in [-0.05, 0) is 31.4 Å². The minimum absolute atomic E-state index is 0.0496. The van der Waals surface area contributed by atoms with Gasteiger partial charge in [-0.3, -0.25) is 0 Å². The number of ether oxygens (including phenoxy) is 1. The lowest BCUT2D eigenvalue weighted by Crippen LogP contribution is -2.25. The van der Waals surface area contributed by atoms with Gasteiger partial charge in [0.1, 0.15) is 17.1 Å². The predicted octanol–water partition coefficient (Wildman–Crippen LogP) is 4.16. The van der Waals surface area contributed by atoms with Crippen LogP contribution in [0.2, 0.25) is 0 Å². The quantitative estimate of drug-likeness (QED) is 0.656. The molecule has 1 aromatic rings. The van der Waals surface area contributed by atoms with Crippen LogP contribution in [0, 0.1) is 0 Å². The van der Waals surface area contributed by atoms with Crippen molar-refractivity contribution in [3.05, 3.63) is 22.8 Å². The Hall–Kier alpha value is -1.75. The van der Waals surface area contributed by atoms with E-state index in [2.05, 4.69) is 6.92 Å². The van der Waals surface area contributed by atoms with Gasteiger partial charge in [0.15, 0.2) is 0 Å². The van der Waals surface area contributed by atoms with Gasteiger partial charge < -0.3 is 20.1 Å². The second kappa shape index (κ2) is 7.68. The molecular weight excluding hydrogens is 296 g/mol. The zero-order valence-corrected chi connectivity index (χ0v) is 13.8. The summed E-state index contributed by atoms with van der Waals surface area (Å²) < 4.78 is 5.94. The number of carboxylic acids is 1. The highest BCUT2D eigenvalue weighted by Crippen LogP contribution is 2.42. The Morgan fingerprint density at radius 2 is 1.96 bits per heavy atom. The number of phenols is 2. The van der Waals surface area contributed by atoms with Crippen molar-refractivity contribution in [1.29, 1.82) is 0 Å². The fraction of sp³-hybridized carbons (Fsp3) is 0.611. The van der Waals surface area contributed by atoms with Crippen LogP contribution in [-0.4, -0.2) is 27.4 Å². The molecule has 2 rings (SSSR count). The maximum Gasteiger partial charge on any atom is 0.343 e. The van der Waals surface area contributed by atoms with Gasteiger partial charge in [0, 0.05) is 5.56 Å². The lowest BCUT2D eigenvalue weighted by molar-refractivity contribution is -0.0220. The molecule has 5 nitrogen and oxygen atoms in total. The second-order valence-electron chi connectivity index (χ2n) is 6.30. The predicted molar refractivity (Wildman–Crippen MR) is 87.1 cm³/mol. The molecule has 2 unspecified atom stereocenters. The fourth-order valence-corrected chi connectivity index (χ4v) is 3.35. The third-order valence-corrected chi connectivity index (χ3v) is 4.50. The first-order valence-electron chi connectivity index (χ1n) is 8.42. The number of carbonyl (C=O) groups is 1. The molecule has 1 heterocycles. The summed E-state index contributed by atoms with van der Waals surface area (Å²) in [5, 5.41) is 29.2. The Balaban J connectivity index is 2.10. The smallest absolute Gasteiger partial charge is 0.343 e. The molecule has 23 heavy (non-hydrogen) atoms. The van der Waals surface area contributed by atoms with Crippen molar-refractivity contribution in [3.63, 3.8) is 0 Å². The minimum atomic E-state index is -1.34. The molecule has 0 fully saturated rings. The Labute approximate surface area is 136 Å². The summed E-state index contributed by atoms with van der Waals surface area (Å²) in [7, 11) is 0. The van der Waals surface area contributed by atoms with Crippen LogP contribution in [0.3, 0.4) is 0 Å². The van der Waals surface area contributed by atoms with Gasteiger partial charge in [-0.2, -0.15) is 0 Å². The molecular formula is C18H26O5. The lowest BCUT2D eigenvalue weighted by atomic mass is 9.89. The van der Waals surface area contributed by atoms with Crippen molar-refractivity contribution < 1.29 is 24.9 Å². The molecule has 3 N–H and O–H groups in total. The molecule has 0 amide bonds. The van der Waals surface area contributed by atoms with Crippen molar-refractivity contribution in [2.45, 2.75) is 71.0 Å². The lowest BCUT2D eigenvalue weighted by Gasteiger charge is -2.31. The average molecular weight is 322 g/mol. The molecule has 1 aromatic carbocycles. The van der Waals surface area contributed by atoms with E-state index in [1.54, 1.807) is 0 Å². The summed E-state index contributed by atoms with van der Waals surface area (Å²) in [6.45, 7) is 4.00. The van der Waals surface area contributed by atoms with Crippen molar-refractivity contribution >= 4 is 5.97 Å². The fourth-order valence-electron chi connectivity index (χ4n) is 3.35. The van der Waals surface area contributed by atoms with E-state index >= 15 is 0 Å². The van der Waals surface area contributed by atoms with Gasteiger partial charge in [-0.1, -0.05) is 39.0 Å². The van der Waals surface area contributed by atoms with Crippen LogP contribution >= 0.6 is 0 Å². The molecule has 0 aromatic heterocycles. The molecule has 128 valence electrons. The summed E-state index contributed by atoms with van der Waals surface area (Å²) in [5.41, 5.74) is 0.821. The van der Waals surface area contributed by atoms with E-state index in [1.807, 2.05) is 6.92 Å². The zero-order chi connectivity index (χ0) is 17.0. The number of unbranched alkanes of at least 4 members (excludes halogenated alkanes) is 4. The van der Waals surface area contributed by atoms with E-state index in [4.69, 9.17) is 9.84 Å². The normalized spacial score (nSPS) is 20.3. The van der Waals surface area contributed by atoms with Gasteiger partial charge in [-0.25, -0.2) is 4.79 Å². The van der Waals surface area contributed by atoms with Crippen molar-refractivity contribution in [3.8, 4) is 11.5 Å². The number of carboxylic acid groups (broad SMARTS) is 1. The Bertz CT molecular complexity index is 567. The standard InChI is InChI=1S/C18H26O5/c1-3-4-5-6-7-8-13-9-12-10-14(19)16(18(21)22)17(20)15(12)11(2)23-13/h10-11,13,19-20H,3-9H2,1-2H3,(H,21,22). The largest absolute Gasteiger partial charge is 0.507 e. The maximum atomic E-state index is 11.2. The van der Waals surface area contributed by atoms with Gasteiger partial charge >= 0.3 is 5.97 Å². The van der Waals surface area contributed by atoms with Gasteiger partial charge in [0.05, 0.1) is 12.2 Å². The molecule has 1 aliphatic heterocycles. The van der Waals surface area contributed by atoms with Crippen LogP contribution in [0.25, 0.3) is 0 Å². The third-order valence-electron chi connectivity index (χ3n) is 4.50. The average Bonchev–Trinajstić information content (AvgIpc) is 2.45. The molecule has 0 saturated carbocycles. The van der Waals surface area contributed by atoms with Crippen LogP contribution in [0.15, 0.2) is 6.07 Å². The Morgan fingerprint density at radius 1 is 1.26 bits per heavy atom. The van der Waals surface area contributed by atoms with Gasteiger partial charge in [0.2, 0.25) is 0 Å². The first-order valence-corrected chi connectivity index (χ1v) is 8.42. The number of hydrogen-bond acceptors (Lipinski definition) is 4. The van der Waals surface area contributed by atoms with Crippen molar-refractivity contribution in [2.75, 3.05) is 0 Å². The van der Waals surface area contributed by atoms with E-state index in [-0.39, 0.29) is 23.7 Å². The van der Waals surface area contributed by atoms with E-state index < -0.39 is 11.5 Å². The molecule has 0 spiro atoms. The number of rotatable bonds is 7. The topological polar surface area (TPSA) is 87.0 Å². The minimum Gasteiger partial charge on any atom is -0.507 e. The summed E-state index contributed by atoms with van der Waals surface area (Å²) in [4.78, 5) is 11.2. The van der Waals surface area contributed by atoms with Crippen LogP contribution in [-0.2, 0) is 11.2 Å². The molecule has 2 atom stereocenters. The molecule has 0 aliphatic carbocycles. The summed E-state index contributed by atoms with van der Waals surface area (Å²) in [6.07, 6.45) is 7.19. The maximum absolute atomic E-state index is 11.2. The Kier molecular flexibility index (Phi) is 5.88. The second-order valence-corrected chi connectivity index (χ2v) is 6.30. The van der Waals surface area contributed by atoms with E-state index in [0.29, 0.717) is 12.0 Å². The first kappa shape index (κ1) is 17.6. The zero-order valence-electron chi connectivity index (χ0n) is 13.8. The van der Waals surface area contributed by atoms with E-state index in [9.17, 15) is 15.0 Å². The van der Waals surface area contributed by atoms with Crippen LogP contribution in [0.5, 0.6) is 11.5 Å². The Morgan fingerprint density at radius 3 is 2.61 bits per heavy atom. The highest BCUT2D eigenvalue weighted by molar-refractivity contribution is 5.94. The number of aromatic carboxylic acids is 1. The highest BCUT2D eigenvalue weighted by atomic mass is 16.5. The van der Waals surface area contributed by atoms with Gasteiger partial charge in [-0.15, -0.1) is 0 Å². The SMILES string of the molecule is CCCCCCCC1Cc2cc(O)c(C(=O)O)c(O)c2C(C)O1. The van der Waals surface area contributed by atoms with Gasteiger partial charge in [0.25, 0.3) is 0 Å². The number of benzene rings is 1.